The van der Waals surface area contributed by atoms with Crippen molar-refractivity contribution >= 4 is 43.9 Å². The summed E-state index contributed by atoms with van der Waals surface area (Å²) in [5, 5.41) is 0. The normalized spacial score (nSPS) is 36.0. The van der Waals surface area contributed by atoms with E-state index in [2.05, 4.69) is 24.9 Å². The van der Waals surface area contributed by atoms with Gasteiger partial charge in [-0.3, -0.25) is 18.9 Å². The van der Waals surface area contributed by atoms with Crippen LogP contribution in [0.1, 0.15) is 19.1 Å². The van der Waals surface area contributed by atoms with E-state index in [1.165, 1.54) is 23.4 Å². The molecule has 0 spiro atoms. The third kappa shape index (κ3) is 5.64. The van der Waals surface area contributed by atoms with Crippen LogP contribution in [0.5, 0.6) is 5.88 Å². The lowest BCUT2D eigenvalue weighted by atomic mass is 10.1. The van der Waals surface area contributed by atoms with Gasteiger partial charge < -0.3 is 24.6 Å². The van der Waals surface area contributed by atoms with Gasteiger partial charge in [0.15, 0.2) is 23.6 Å². The van der Waals surface area contributed by atoms with Crippen molar-refractivity contribution in [3.63, 3.8) is 0 Å². The molecule has 3 fully saturated rings. The minimum absolute atomic E-state index is 0.0140. The molecule has 2 saturated heterocycles. The molecule has 2 aliphatic heterocycles. The van der Waals surface area contributed by atoms with Crippen LogP contribution in [0.3, 0.4) is 0 Å². The highest BCUT2D eigenvalue weighted by Crippen LogP contribution is 2.52. The number of nitrogens with two attached hydrogens (primary N) is 1. The number of fused-ring (bicyclic) bond motifs is 4. The molecule has 3 aromatic heterocycles. The molecule has 6 rings (SSSR count). The Bertz CT molecular complexity index is 1520. The zero-order chi connectivity index (χ0) is 28.0. The summed E-state index contributed by atoms with van der Waals surface area (Å²) in [4.78, 5) is 41.4. The van der Waals surface area contributed by atoms with Crippen molar-refractivity contribution in [2.75, 3.05) is 18.9 Å². The van der Waals surface area contributed by atoms with E-state index in [1.807, 2.05) is 0 Å². The molecular formula is C20H23FN7O9P2S+. The van der Waals surface area contributed by atoms with Crippen molar-refractivity contribution in [2.45, 2.75) is 49.7 Å². The average Bonchev–Trinajstić information content (AvgIpc) is 3.58. The number of hydrogen-bond acceptors (Lipinski definition) is 14. The highest BCUT2D eigenvalue weighted by Gasteiger charge is 2.52. The number of imidazole rings is 1. The van der Waals surface area contributed by atoms with Crippen LogP contribution in [0.2, 0.25) is 0 Å². The van der Waals surface area contributed by atoms with E-state index in [1.54, 1.807) is 6.07 Å². The Morgan fingerprint density at radius 2 is 2.15 bits per heavy atom. The maximum atomic E-state index is 15.6. The van der Waals surface area contributed by atoms with Gasteiger partial charge in [0.1, 0.15) is 37.4 Å². The number of H-pyrrole nitrogens is 1. The molecule has 0 amide bonds. The summed E-state index contributed by atoms with van der Waals surface area (Å²) in [5.74, 6) is -0.272. The summed E-state index contributed by atoms with van der Waals surface area (Å²) in [6, 6.07) is 1.60. The Hall–Kier alpha value is -2.53. The smallest absolute Gasteiger partial charge is 0.474 e. The molecular weight excluding hydrogens is 595 g/mol. The van der Waals surface area contributed by atoms with Gasteiger partial charge in [0.2, 0.25) is 11.8 Å². The zero-order valence-electron chi connectivity index (χ0n) is 20.4. The lowest BCUT2D eigenvalue weighted by Gasteiger charge is -2.26. The van der Waals surface area contributed by atoms with Crippen LogP contribution in [-0.4, -0.2) is 78.2 Å². The molecule has 20 heteroatoms. The molecule has 2 unspecified atom stereocenters. The maximum absolute atomic E-state index is 15.6. The summed E-state index contributed by atoms with van der Waals surface area (Å²) in [7, 11) is -2.70. The quantitative estimate of drug-likeness (QED) is 0.353. The first-order valence-corrected chi connectivity index (χ1v) is 15.7. The number of nitrogen functional groups attached to an aromatic ring is 1. The van der Waals surface area contributed by atoms with Gasteiger partial charge in [0, 0.05) is 29.2 Å². The zero-order valence-corrected chi connectivity index (χ0v) is 23.0. The molecule has 1 aliphatic carbocycles. The number of hydrogen-bond donors (Lipinski definition) is 3. The molecule has 1 saturated carbocycles. The SMILES string of the molecule is Nc1nc2c(ncn2[C@@H]2O[C@@H]3CO[P+](=O)O[C@H]4C[C@H](Oc5ccncn5)C[C@@H]4COP(O)(=S)O[C@@H]2[C@@H]3F)c(=O)[nH]1. The third-order valence-corrected chi connectivity index (χ3v) is 9.05. The van der Waals surface area contributed by atoms with E-state index < -0.39 is 63.8 Å². The fourth-order valence-electron chi connectivity index (χ4n) is 4.90. The fraction of sp³-hybridized carbons (Fsp3) is 0.550. The minimum atomic E-state index is -4.07. The number of aromatic amines is 1. The van der Waals surface area contributed by atoms with E-state index in [-0.39, 0.29) is 29.8 Å². The second-order valence-electron chi connectivity index (χ2n) is 9.30. The van der Waals surface area contributed by atoms with E-state index in [0.29, 0.717) is 18.7 Å². The third-order valence-electron chi connectivity index (χ3n) is 6.69. The minimum Gasteiger partial charge on any atom is -0.474 e. The Morgan fingerprint density at radius 3 is 2.95 bits per heavy atom. The van der Waals surface area contributed by atoms with Gasteiger partial charge in [-0.1, -0.05) is 0 Å². The molecule has 0 aromatic carbocycles. The van der Waals surface area contributed by atoms with Crippen LogP contribution in [0.15, 0.2) is 29.7 Å². The van der Waals surface area contributed by atoms with Crippen molar-refractivity contribution in [1.82, 2.24) is 29.5 Å². The van der Waals surface area contributed by atoms with Crippen molar-refractivity contribution < 1.29 is 41.4 Å². The second kappa shape index (κ2) is 11.0. The number of ether oxygens (including phenoxy) is 2. The topological polar surface area (TPSA) is 208 Å². The maximum Gasteiger partial charge on any atom is 0.697 e. The van der Waals surface area contributed by atoms with Gasteiger partial charge in [-0.25, -0.2) is 19.3 Å². The Balaban J connectivity index is 1.25. The highest BCUT2D eigenvalue weighted by molar-refractivity contribution is 8.07. The van der Waals surface area contributed by atoms with Gasteiger partial charge in [-0.2, -0.15) is 4.98 Å². The number of nitrogens with one attached hydrogen (secondary N) is 1. The molecule has 40 heavy (non-hydrogen) atoms. The molecule has 214 valence electrons. The van der Waals surface area contributed by atoms with E-state index in [4.69, 9.17) is 45.1 Å². The first kappa shape index (κ1) is 27.6. The largest absolute Gasteiger partial charge is 0.697 e. The number of aromatic nitrogens is 6. The number of anilines is 1. The molecule has 16 nitrogen and oxygen atoms in total. The molecule has 0 radical (unpaired) electrons. The van der Waals surface area contributed by atoms with Crippen molar-refractivity contribution in [3.05, 3.63) is 35.3 Å². The van der Waals surface area contributed by atoms with Gasteiger partial charge in [-0.05, 0) is 18.2 Å². The summed E-state index contributed by atoms with van der Waals surface area (Å²) in [5.41, 5.74) is 4.96. The van der Waals surface area contributed by atoms with E-state index in [9.17, 15) is 14.3 Å². The van der Waals surface area contributed by atoms with Crippen molar-refractivity contribution in [2.24, 2.45) is 5.92 Å². The predicted octanol–water partition coefficient (Wildman–Crippen LogP) is 1.28. The summed E-state index contributed by atoms with van der Waals surface area (Å²) in [6.45, 7) is -4.71. The number of rotatable bonds is 3. The van der Waals surface area contributed by atoms with Gasteiger partial charge in [-0.15, -0.1) is 9.05 Å². The van der Waals surface area contributed by atoms with Crippen LogP contribution in [0, 0.1) is 5.92 Å². The molecule has 4 N–H and O–H groups in total. The van der Waals surface area contributed by atoms with Crippen LogP contribution in [0.4, 0.5) is 10.3 Å². The number of nitrogens with zero attached hydrogens (tertiary/aromatic N) is 5. The average molecular weight is 618 g/mol. The predicted molar refractivity (Wildman–Crippen MR) is 136 cm³/mol. The monoisotopic (exact) mass is 618 g/mol. The van der Waals surface area contributed by atoms with Crippen molar-refractivity contribution in [3.8, 4) is 5.88 Å². The molecule has 9 atom stereocenters. The molecule has 5 heterocycles. The first-order chi connectivity index (χ1) is 19.2. The van der Waals surface area contributed by atoms with E-state index in [0.717, 1.165) is 0 Å². The van der Waals surface area contributed by atoms with Crippen LogP contribution in [0.25, 0.3) is 11.2 Å². The standard InChI is InChI=1S/C20H22FN7O9P2S/c21-14-12-6-32-38(30)36-11-4-10(34-13-1-2-23-7-24-13)3-9(11)5-33-39(31,40)37-16(14)19(35-12)28-8-25-15-17(28)26-20(22)27-18(15)29/h1-2,7-12,14,16,19H,3-6H2,(H3-,22,26,27,29,31,40)/p+1/t9-,10-,11+,12-,14-,16-,19-,39?/m1/s1. The summed E-state index contributed by atoms with van der Waals surface area (Å²) < 4.78 is 63.5. The number of alkyl halides is 1. The Labute approximate surface area is 230 Å². The summed E-state index contributed by atoms with van der Waals surface area (Å²) in [6.07, 6.45) is -2.33. The Morgan fingerprint density at radius 1 is 1.30 bits per heavy atom. The molecule has 3 aromatic rings. The summed E-state index contributed by atoms with van der Waals surface area (Å²) >= 11 is 5.22. The van der Waals surface area contributed by atoms with E-state index >= 15 is 4.39 Å². The highest BCUT2D eigenvalue weighted by atomic mass is 32.5. The lowest BCUT2D eigenvalue weighted by molar-refractivity contribution is -0.0477. The van der Waals surface area contributed by atoms with Crippen LogP contribution >= 0.6 is 15.0 Å². The van der Waals surface area contributed by atoms with Gasteiger partial charge >= 0.3 is 15.0 Å². The first-order valence-electron chi connectivity index (χ1n) is 12.0. The number of halogens is 1. The second-order valence-corrected chi connectivity index (χ2v) is 13.0. The van der Waals surface area contributed by atoms with Gasteiger partial charge in [0.25, 0.3) is 5.56 Å². The lowest BCUT2D eigenvalue weighted by Crippen LogP contribution is -2.32. The molecule has 3 aliphatic rings. The van der Waals surface area contributed by atoms with Crippen LogP contribution < -0.4 is 16.0 Å². The van der Waals surface area contributed by atoms with Crippen molar-refractivity contribution in [1.29, 1.82) is 0 Å². The van der Waals surface area contributed by atoms with Gasteiger partial charge in [0.05, 0.1) is 12.9 Å². The Kier molecular flexibility index (Phi) is 7.63. The van der Waals surface area contributed by atoms with Crippen LogP contribution in [-0.2, 0) is 39.2 Å². The molecule has 2 bridgehead atoms. The fourth-order valence-corrected chi connectivity index (χ4v) is 7.16.